The topological polar surface area (TPSA) is 57.6 Å². The van der Waals surface area contributed by atoms with E-state index in [1.54, 1.807) is 19.1 Å². The first kappa shape index (κ1) is 13.8. The van der Waals surface area contributed by atoms with Crippen molar-refractivity contribution in [2.45, 2.75) is 27.2 Å². The van der Waals surface area contributed by atoms with Crippen molar-refractivity contribution in [2.75, 3.05) is 16.6 Å². The smallest absolute Gasteiger partial charge is 0.235 e. The van der Waals surface area contributed by atoms with Gasteiger partial charge in [-0.3, -0.25) is 4.31 Å². The summed E-state index contributed by atoms with van der Waals surface area (Å²) in [6.45, 7) is 5.82. The van der Waals surface area contributed by atoms with Crippen molar-refractivity contribution in [3.63, 3.8) is 0 Å². The Morgan fingerprint density at radius 2 is 1.94 bits per heavy atom. The van der Waals surface area contributed by atoms with Gasteiger partial charge in [-0.05, 0) is 31.9 Å². The van der Waals surface area contributed by atoms with Gasteiger partial charge in [0.15, 0.2) is 0 Å². The van der Waals surface area contributed by atoms with E-state index in [0.717, 1.165) is 5.56 Å². The van der Waals surface area contributed by atoms with E-state index in [0.29, 0.717) is 18.7 Å². The number of sulfonamides is 1. The number of phenolic OH excluding ortho intramolecular Hbond substituents is 1. The van der Waals surface area contributed by atoms with Crippen LogP contribution in [0, 0.1) is 6.92 Å². The van der Waals surface area contributed by atoms with Gasteiger partial charge in [-0.2, -0.15) is 0 Å². The fourth-order valence-corrected chi connectivity index (χ4v) is 3.38. The van der Waals surface area contributed by atoms with Gasteiger partial charge in [0.2, 0.25) is 10.0 Å². The van der Waals surface area contributed by atoms with E-state index in [4.69, 9.17) is 0 Å². The number of rotatable bonds is 5. The highest BCUT2D eigenvalue weighted by atomic mass is 32.2. The molecule has 0 saturated carbocycles. The zero-order valence-electron chi connectivity index (χ0n) is 10.5. The number of benzene rings is 1. The van der Waals surface area contributed by atoms with Gasteiger partial charge in [0.05, 0.1) is 11.4 Å². The highest BCUT2D eigenvalue weighted by molar-refractivity contribution is 7.92. The molecule has 5 heteroatoms. The van der Waals surface area contributed by atoms with Gasteiger partial charge in [0, 0.05) is 12.6 Å². The minimum Gasteiger partial charge on any atom is -0.508 e. The van der Waals surface area contributed by atoms with Gasteiger partial charge in [0.1, 0.15) is 5.75 Å². The van der Waals surface area contributed by atoms with Crippen LogP contribution in [0.25, 0.3) is 0 Å². The van der Waals surface area contributed by atoms with Crippen LogP contribution in [-0.4, -0.2) is 25.8 Å². The largest absolute Gasteiger partial charge is 0.508 e. The maximum Gasteiger partial charge on any atom is 0.235 e. The molecular formula is C12H19NO3S. The molecule has 0 atom stereocenters. The molecule has 0 spiro atoms. The summed E-state index contributed by atoms with van der Waals surface area (Å²) >= 11 is 0. The Morgan fingerprint density at radius 3 is 2.47 bits per heavy atom. The number of hydrogen-bond acceptors (Lipinski definition) is 3. The maximum atomic E-state index is 12.1. The van der Waals surface area contributed by atoms with Gasteiger partial charge in [0.25, 0.3) is 0 Å². The minimum absolute atomic E-state index is 0.0794. The van der Waals surface area contributed by atoms with Crippen LogP contribution in [-0.2, 0) is 10.0 Å². The van der Waals surface area contributed by atoms with Gasteiger partial charge >= 0.3 is 0 Å². The average Bonchev–Trinajstić information content (AvgIpc) is 2.23. The molecule has 1 rings (SSSR count). The molecule has 0 saturated heterocycles. The van der Waals surface area contributed by atoms with Crippen LogP contribution in [0.15, 0.2) is 18.2 Å². The molecular weight excluding hydrogens is 238 g/mol. The number of aryl methyl sites for hydroxylation is 1. The van der Waals surface area contributed by atoms with E-state index in [1.165, 1.54) is 10.4 Å². The summed E-state index contributed by atoms with van der Waals surface area (Å²) in [5.41, 5.74) is 1.39. The van der Waals surface area contributed by atoms with Crippen LogP contribution in [0.2, 0.25) is 0 Å². The summed E-state index contributed by atoms with van der Waals surface area (Å²) in [5, 5.41) is 9.46. The Hall–Kier alpha value is -1.23. The second-order valence-electron chi connectivity index (χ2n) is 3.95. The summed E-state index contributed by atoms with van der Waals surface area (Å²) in [4.78, 5) is 0. The molecule has 0 fully saturated rings. The van der Waals surface area contributed by atoms with Crippen molar-refractivity contribution < 1.29 is 13.5 Å². The van der Waals surface area contributed by atoms with Crippen molar-refractivity contribution in [3.8, 4) is 5.75 Å². The third-order valence-corrected chi connectivity index (χ3v) is 4.60. The van der Waals surface area contributed by atoms with Crippen LogP contribution >= 0.6 is 0 Å². The summed E-state index contributed by atoms with van der Waals surface area (Å²) < 4.78 is 25.5. The van der Waals surface area contributed by atoms with Gasteiger partial charge in [-0.15, -0.1) is 0 Å². The number of phenols is 1. The molecule has 4 nitrogen and oxygen atoms in total. The van der Waals surface area contributed by atoms with Crippen molar-refractivity contribution in [2.24, 2.45) is 0 Å². The highest BCUT2D eigenvalue weighted by Crippen LogP contribution is 2.27. The van der Waals surface area contributed by atoms with Crippen LogP contribution < -0.4 is 4.31 Å². The SMILES string of the molecule is CCCS(=O)(=O)N(CC)c1cc(O)ccc1C. The molecule has 0 aromatic heterocycles. The number of hydrogen-bond donors (Lipinski definition) is 1. The van der Waals surface area contributed by atoms with E-state index < -0.39 is 10.0 Å². The summed E-state index contributed by atoms with van der Waals surface area (Å²) in [6.07, 6.45) is 0.580. The second-order valence-corrected chi connectivity index (χ2v) is 5.96. The molecule has 0 aliphatic rings. The molecule has 0 unspecified atom stereocenters. The third kappa shape index (κ3) is 3.12. The number of aromatic hydroxyl groups is 1. The maximum absolute atomic E-state index is 12.1. The van der Waals surface area contributed by atoms with Crippen molar-refractivity contribution in [1.82, 2.24) is 0 Å². The van der Waals surface area contributed by atoms with Gasteiger partial charge in [-0.1, -0.05) is 13.0 Å². The van der Waals surface area contributed by atoms with Crippen LogP contribution in [0.1, 0.15) is 25.8 Å². The van der Waals surface area contributed by atoms with E-state index in [-0.39, 0.29) is 11.5 Å². The zero-order valence-corrected chi connectivity index (χ0v) is 11.3. The number of nitrogens with zero attached hydrogens (tertiary/aromatic N) is 1. The predicted octanol–water partition coefficient (Wildman–Crippen LogP) is 2.27. The highest BCUT2D eigenvalue weighted by Gasteiger charge is 2.21. The first-order chi connectivity index (χ1) is 7.92. The van der Waals surface area contributed by atoms with Crippen molar-refractivity contribution in [3.05, 3.63) is 23.8 Å². The zero-order chi connectivity index (χ0) is 13.1. The Morgan fingerprint density at radius 1 is 1.29 bits per heavy atom. The lowest BCUT2D eigenvalue weighted by Crippen LogP contribution is -2.33. The molecule has 17 heavy (non-hydrogen) atoms. The van der Waals surface area contributed by atoms with Gasteiger partial charge in [-0.25, -0.2) is 8.42 Å². The molecule has 0 heterocycles. The fourth-order valence-electron chi connectivity index (χ4n) is 1.75. The van der Waals surface area contributed by atoms with Crippen LogP contribution in [0.4, 0.5) is 5.69 Å². The van der Waals surface area contributed by atoms with Crippen LogP contribution in [0.3, 0.4) is 0 Å². The molecule has 0 amide bonds. The molecule has 0 aliphatic carbocycles. The van der Waals surface area contributed by atoms with Crippen molar-refractivity contribution >= 4 is 15.7 Å². The third-order valence-electron chi connectivity index (χ3n) is 2.55. The van der Waals surface area contributed by atoms with Crippen LogP contribution in [0.5, 0.6) is 5.75 Å². The first-order valence-corrected chi connectivity index (χ1v) is 7.33. The summed E-state index contributed by atoms with van der Waals surface area (Å²) in [7, 11) is -3.29. The quantitative estimate of drug-likeness (QED) is 0.880. The molecule has 1 aromatic carbocycles. The lowest BCUT2D eigenvalue weighted by atomic mass is 10.2. The van der Waals surface area contributed by atoms with E-state index in [1.807, 2.05) is 13.8 Å². The fraction of sp³-hybridized carbons (Fsp3) is 0.500. The Labute approximate surface area is 103 Å². The monoisotopic (exact) mass is 257 g/mol. The average molecular weight is 257 g/mol. The van der Waals surface area contributed by atoms with E-state index in [9.17, 15) is 13.5 Å². The van der Waals surface area contributed by atoms with E-state index >= 15 is 0 Å². The van der Waals surface area contributed by atoms with E-state index in [2.05, 4.69) is 0 Å². The molecule has 96 valence electrons. The predicted molar refractivity (Wildman–Crippen MR) is 69.9 cm³/mol. The summed E-state index contributed by atoms with van der Waals surface area (Å²) in [6, 6.07) is 4.76. The lowest BCUT2D eigenvalue weighted by Gasteiger charge is -2.24. The molecule has 1 aromatic rings. The minimum atomic E-state index is -3.29. The molecule has 0 aliphatic heterocycles. The number of anilines is 1. The molecule has 1 N–H and O–H groups in total. The van der Waals surface area contributed by atoms with Gasteiger partial charge < -0.3 is 5.11 Å². The summed E-state index contributed by atoms with van der Waals surface area (Å²) in [5.74, 6) is 0.200. The Kier molecular flexibility index (Phi) is 4.40. The Balaban J connectivity index is 3.23. The first-order valence-electron chi connectivity index (χ1n) is 5.72. The molecule has 0 bridgehead atoms. The molecule has 0 radical (unpaired) electrons. The Bertz CT molecular complexity index is 483. The van der Waals surface area contributed by atoms with Crippen molar-refractivity contribution in [1.29, 1.82) is 0 Å². The second kappa shape index (κ2) is 5.40. The lowest BCUT2D eigenvalue weighted by molar-refractivity contribution is 0.475. The standard InChI is InChI=1S/C12H19NO3S/c1-4-8-17(15,16)13(5-2)12-9-11(14)7-6-10(12)3/h6-7,9,14H,4-5,8H2,1-3H3. The normalized spacial score (nSPS) is 11.5.